The molecular weight excluding hydrogens is 282 g/mol. The second kappa shape index (κ2) is 4.90. The molecule has 0 spiro atoms. The summed E-state index contributed by atoms with van der Waals surface area (Å²) in [4.78, 5) is 2.18. The van der Waals surface area contributed by atoms with E-state index in [0.717, 1.165) is 35.4 Å². The van der Waals surface area contributed by atoms with Crippen LogP contribution >= 0.6 is 11.6 Å². The number of alkyl halides is 1. The van der Waals surface area contributed by atoms with Crippen LogP contribution < -0.4 is 0 Å². The molecule has 2 heterocycles. The molecule has 4 rings (SSSR count). The summed E-state index contributed by atoms with van der Waals surface area (Å²) >= 11 is 6.73. The molecule has 1 aromatic heterocycles. The molecule has 1 unspecified atom stereocenters. The summed E-state index contributed by atoms with van der Waals surface area (Å²) in [6.45, 7) is 0.955. The standard InChI is InChI=1S/C18H16ClNO/c1-20-11-10-12-8-5-9-14-15(12)16(18(20)19)17(21-14)13-6-3-2-4-7-13/h2-9,18H,10-11H2,1H3. The minimum atomic E-state index is -0.162. The van der Waals surface area contributed by atoms with Gasteiger partial charge < -0.3 is 4.42 Å². The van der Waals surface area contributed by atoms with Crippen molar-refractivity contribution in [2.75, 3.05) is 13.6 Å². The van der Waals surface area contributed by atoms with Gasteiger partial charge in [-0.1, -0.05) is 42.5 Å². The zero-order valence-corrected chi connectivity index (χ0v) is 12.6. The lowest BCUT2D eigenvalue weighted by Crippen LogP contribution is -2.21. The molecular formula is C18H16ClNO. The molecule has 1 aliphatic heterocycles. The Labute approximate surface area is 128 Å². The minimum absolute atomic E-state index is 0.162. The Bertz CT molecular complexity index is 794. The molecule has 0 saturated heterocycles. The molecule has 0 aliphatic carbocycles. The first-order valence-corrected chi connectivity index (χ1v) is 7.63. The number of halogens is 1. The van der Waals surface area contributed by atoms with E-state index in [9.17, 15) is 0 Å². The lowest BCUT2D eigenvalue weighted by molar-refractivity contribution is 0.321. The van der Waals surface area contributed by atoms with Gasteiger partial charge in [0.05, 0.1) is 0 Å². The fourth-order valence-corrected chi connectivity index (χ4v) is 3.42. The summed E-state index contributed by atoms with van der Waals surface area (Å²) in [6, 6.07) is 16.5. The third-order valence-electron chi connectivity index (χ3n) is 4.23. The molecule has 2 nitrogen and oxygen atoms in total. The van der Waals surface area contributed by atoms with Crippen LogP contribution in [0.1, 0.15) is 16.6 Å². The second-order valence-electron chi connectivity index (χ2n) is 5.57. The van der Waals surface area contributed by atoms with Crippen molar-refractivity contribution in [3.05, 3.63) is 59.7 Å². The van der Waals surface area contributed by atoms with Gasteiger partial charge in [0.1, 0.15) is 16.8 Å². The number of furan rings is 1. The van der Waals surface area contributed by atoms with Crippen LogP contribution in [0.25, 0.3) is 22.3 Å². The first kappa shape index (κ1) is 12.9. The highest BCUT2D eigenvalue weighted by Gasteiger charge is 2.28. The molecule has 21 heavy (non-hydrogen) atoms. The maximum atomic E-state index is 6.73. The molecule has 3 aromatic rings. The molecule has 106 valence electrons. The van der Waals surface area contributed by atoms with Crippen LogP contribution in [-0.4, -0.2) is 18.5 Å². The summed E-state index contributed by atoms with van der Waals surface area (Å²) in [7, 11) is 2.07. The Morgan fingerprint density at radius 3 is 2.71 bits per heavy atom. The Balaban J connectivity index is 2.07. The summed E-state index contributed by atoms with van der Waals surface area (Å²) < 4.78 is 6.16. The summed E-state index contributed by atoms with van der Waals surface area (Å²) in [5.41, 5.74) is 4.28. The van der Waals surface area contributed by atoms with Crippen LogP contribution in [-0.2, 0) is 6.42 Å². The maximum absolute atomic E-state index is 6.73. The van der Waals surface area contributed by atoms with Gasteiger partial charge in [0.25, 0.3) is 0 Å². The Kier molecular flexibility index (Phi) is 3.02. The average Bonchev–Trinajstić information content (AvgIpc) is 2.86. The van der Waals surface area contributed by atoms with Crippen molar-refractivity contribution < 1.29 is 4.42 Å². The lowest BCUT2D eigenvalue weighted by atomic mass is 10.0. The van der Waals surface area contributed by atoms with E-state index in [4.69, 9.17) is 16.0 Å². The van der Waals surface area contributed by atoms with Gasteiger partial charge in [0, 0.05) is 23.1 Å². The van der Waals surface area contributed by atoms with Gasteiger partial charge in [-0.05, 0) is 25.1 Å². The average molecular weight is 298 g/mol. The molecule has 0 amide bonds. The van der Waals surface area contributed by atoms with Gasteiger partial charge in [-0.2, -0.15) is 0 Å². The topological polar surface area (TPSA) is 16.4 Å². The van der Waals surface area contributed by atoms with Crippen molar-refractivity contribution in [2.24, 2.45) is 0 Å². The lowest BCUT2D eigenvalue weighted by Gasteiger charge is -2.20. The first-order chi connectivity index (χ1) is 10.3. The number of rotatable bonds is 1. The van der Waals surface area contributed by atoms with Crippen LogP contribution in [0, 0.1) is 0 Å². The van der Waals surface area contributed by atoms with Crippen molar-refractivity contribution in [1.82, 2.24) is 4.90 Å². The third-order valence-corrected chi connectivity index (χ3v) is 4.78. The maximum Gasteiger partial charge on any atom is 0.141 e. The quantitative estimate of drug-likeness (QED) is 0.473. The van der Waals surface area contributed by atoms with Crippen LogP contribution in [0.15, 0.2) is 52.9 Å². The van der Waals surface area contributed by atoms with E-state index in [1.807, 2.05) is 24.3 Å². The summed E-state index contributed by atoms with van der Waals surface area (Å²) in [5.74, 6) is 0.895. The van der Waals surface area contributed by atoms with Crippen molar-refractivity contribution >= 4 is 22.6 Å². The van der Waals surface area contributed by atoms with Gasteiger partial charge in [-0.25, -0.2) is 0 Å². The smallest absolute Gasteiger partial charge is 0.141 e. The molecule has 0 N–H and O–H groups in total. The molecule has 3 heteroatoms. The Morgan fingerprint density at radius 2 is 1.90 bits per heavy atom. The predicted molar refractivity (Wildman–Crippen MR) is 86.6 cm³/mol. The molecule has 1 aliphatic rings. The first-order valence-electron chi connectivity index (χ1n) is 7.20. The summed E-state index contributed by atoms with van der Waals surface area (Å²) in [5, 5.41) is 1.20. The predicted octanol–water partition coefficient (Wildman–Crippen LogP) is 4.83. The number of likely N-dealkylation sites (N-methyl/N-ethyl adjacent to an activating group) is 1. The molecule has 0 saturated carbocycles. The van der Waals surface area contributed by atoms with E-state index in [0.29, 0.717) is 0 Å². The van der Waals surface area contributed by atoms with Gasteiger partial charge in [0.15, 0.2) is 0 Å². The third kappa shape index (κ3) is 1.98. The fraction of sp³-hybridized carbons (Fsp3) is 0.222. The monoisotopic (exact) mass is 297 g/mol. The van der Waals surface area contributed by atoms with Gasteiger partial charge in [0.2, 0.25) is 0 Å². The highest BCUT2D eigenvalue weighted by molar-refractivity contribution is 6.22. The zero-order chi connectivity index (χ0) is 14.4. The van der Waals surface area contributed by atoms with E-state index in [-0.39, 0.29) is 5.50 Å². The minimum Gasteiger partial charge on any atom is -0.456 e. The second-order valence-corrected chi connectivity index (χ2v) is 5.98. The molecule has 0 radical (unpaired) electrons. The van der Waals surface area contributed by atoms with Crippen molar-refractivity contribution in [3.8, 4) is 11.3 Å². The molecule has 2 aromatic carbocycles. The SMILES string of the molecule is CN1CCc2cccc3oc(-c4ccccc4)c(c23)C1Cl. The zero-order valence-electron chi connectivity index (χ0n) is 11.8. The van der Waals surface area contributed by atoms with E-state index in [2.05, 4.69) is 36.2 Å². The number of hydrogen-bond donors (Lipinski definition) is 0. The summed E-state index contributed by atoms with van der Waals surface area (Å²) in [6.07, 6.45) is 0.998. The van der Waals surface area contributed by atoms with Crippen molar-refractivity contribution in [3.63, 3.8) is 0 Å². The van der Waals surface area contributed by atoms with Crippen LogP contribution in [0.2, 0.25) is 0 Å². The normalized spacial score (nSPS) is 18.9. The van der Waals surface area contributed by atoms with Crippen LogP contribution in [0.4, 0.5) is 0 Å². The fourth-order valence-electron chi connectivity index (χ4n) is 3.12. The molecule has 1 atom stereocenters. The van der Waals surface area contributed by atoms with E-state index in [1.54, 1.807) is 0 Å². The van der Waals surface area contributed by atoms with Crippen molar-refractivity contribution in [2.45, 2.75) is 11.9 Å². The number of nitrogens with zero attached hydrogens (tertiary/aromatic N) is 1. The largest absolute Gasteiger partial charge is 0.456 e. The molecule has 0 fully saturated rings. The van der Waals surface area contributed by atoms with Crippen LogP contribution in [0.3, 0.4) is 0 Å². The van der Waals surface area contributed by atoms with Gasteiger partial charge >= 0.3 is 0 Å². The Morgan fingerprint density at radius 1 is 1.10 bits per heavy atom. The number of benzene rings is 2. The Hall–Kier alpha value is -1.77. The van der Waals surface area contributed by atoms with E-state index < -0.39 is 0 Å². The van der Waals surface area contributed by atoms with Crippen molar-refractivity contribution in [1.29, 1.82) is 0 Å². The number of hydrogen-bond acceptors (Lipinski definition) is 2. The van der Waals surface area contributed by atoms with E-state index >= 15 is 0 Å². The van der Waals surface area contributed by atoms with E-state index in [1.165, 1.54) is 10.9 Å². The van der Waals surface area contributed by atoms with Crippen LogP contribution in [0.5, 0.6) is 0 Å². The highest BCUT2D eigenvalue weighted by Crippen LogP contribution is 2.43. The molecule has 0 bridgehead atoms. The van der Waals surface area contributed by atoms with Gasteiger partial charge in [-0.15, -0.1) is 11.6 Å². The highest BCUT2D eigenvalue weighted by atomic mass is 35.5. The van der Waals surface area contributed by atoms with Gasteiger partial charge in [-0.3, -0.25) is 4.90 Å².